The quantitative estimate of drug-likeness (QED) is 0.800. The lowest BCUT2D eigenvalue weighted by molar-refractivity contribution is -0.122. The number of fused-ring (bicyclic) bond motifs is 2. The van der Waals surface area contributed by atoms with E-state index >= 15 is 0 Å². The van der Waals surface area contributed by atoms with Crippen LogP contribution in [0.15, 0.2) is 42.5 Å². The van der Waals surface area contributed by atoms with Crippen LogP contribution < -0.4 is 4.90 Å². The van der Waals surface area contributed by atoms with Crippen LogP contribution in [0.3, 0.4) is 0 Å². The predicted octanol–water partition coefficient (Wildman–Crippen LogP) is 3.22. The largest absolute Gasteiger partial charge is 0.375 e. The molecule has 0 atom stereocenters. The monoisotopic (exact) mass is 393 g/mol. The van der Waals surface area contributed by atoms with Crippen molar-refractivity contribution in [1.82, 2.24) is 4.90 Å². The third-order valence-electron chi connectivity index (χ3n) is 6.15. The number of rotatable bonds is 4. The third kappa shape index (κ3) is 3.76. The molecule has 150 valence electrons. The first-order chi connectivity index (χ1) is 14.0. The lowest BCUT2D eigenvalue weighted by Gasteiger charge is -2.40. The molecule has 4 rings (SSSR count). The molecule has 0 aromatic heterocycles. The van der Waals surface area contributed by atoms with Gasteiger partial charge < -0.3 is 9.64 Å². The normalized spacial score (nSPS) is 17.9. The molecular weight excluding hydrogens is 369 g/mol. The molecule has 0 aliphatic carbocycles. The second-order valence-electron chi connectivity index (χ2n) is 7.94. The van der Waals surface area contributed by atoms with Crippen LogP contribution >= 0.6 is 0 Å². The van der Waals surface area contributed by atoms with E-state index in [1.165, 1.54) is 18.7 Å². The van der Waals surface area contributed by atoms with E-state index in [2.05, 4.69) is 11.0 Å². The van der Waals surface area contributed by atoms with E-state index in [-0.39, 0.29) is 23.7 Å². The number of nitriles is 1. The molecule has 5 nitrogen and oxygen atoms in total. The van der Waals surface area contributed by atoms with E-state index in [1.807, 2.05) is 24.3 Å². The van der Waals surface area contributed by atoms with Crippen LogP contribution in [0.5, 0.6) is 0 Å². The Bertz CT molecular complexity index is 944. The number of benzene rings is 2. The first-order valence-electron chi connectivity index (χ1n) is 9.85. The molecule has 0 bridgehead atoms. The Balaban J connectivity index is 1.50. The molecule has 2 aliphatic rings. The summed E-state index contributed by atoms with van der Waals surface area (Å²) in [6.45, 7) is 3.19. The van der Waals surface area contributed by atoms with Gasteiger partial charge in [-0.05, 0) is 67.4 Å². The van der Waals surface area contributed by atoms with E-state index in [0.717, 1.165) is 43.7 Å². The number of methoxy groups -OCH3 is 1. The summed E-state index contributed by atoms with van der Waals surface area (Å²) < 4.78 is 19.1. The Labute approximate surface area is 170 Å². The fraction of sp³-hybridized carbons (Fsp3) is 0.391. The van der Waals surface area contributed by atoms with Crippen molar-refractivity contribution in [2.45, 2.75) is 24.8 Å². The van der Waals surface area contributed by atoms with E-state index in [0.29, 0.717) is 12.1 Å². The van der Waals surface area contributed by atoms with Gasteiger partial charge in [0.05, 0.1) is 11.6 Å². The van der Waals surface area contributed by atoms with Gasteiger partial charge in [-0.25, -0.2) is 4.39 Å². The maximum Gasteiger partial charge on any atom is 0.252 e. The number of hydrogen-bond acceptors (Lipinski definition) is 4. The number of amides is 1. The molecule has 0 radical (unpaired) electrons. The molecule has 6 heteroatoms. The number of ether oxygens (including phenoxy) is 1. The summed E-state index contributed by atoms with van der Waals surface area (Å²) in [5.74, 6) is -0.346. The average Bonchev–Trinajstić information content (AvgIpc) is 3.04. The molecule has 2 heterocycles. The van der Waals surface area contributed by atoms with Crippen molar-refractivity contribution in [3.8, 4) is 6.07 Å². The van der Waals surface area contributed by atoms with Crippen LogP contribution in [-0.4, -0.2) is 44.2 Å². The summed E-state index contributed by atoms with van der Waals surface area (Å²) in [5.41, 5.74) is 3.39. The fourth-order valence-electron chi connectivity index (χ4n) is 4.57. The van der Waals surface area contributed by atoms with Gasteiger partial charge in [-0.2, -0.15) is 5.26 Å². The standard InChI is InChI=1S/C23H24FN3O2/c1-29-15-22(28)27-16-23(20-12-19(24)6-7-21(20)27)8-10-26(11-9-23)14-18-4-2-17(13-25)3-5-18/h2-7,12H,8-11,14-16H2,1H3. The molecule has 0 N–H and O–H groups in total. The highest BCUT2D eigenvalue weighted by Gasteiger charge is 2.46. The second-order valence-corrected chi connectivity index (χ2v) is 7.94. The molecule has 1 spiro atoms. The summed E-state index contributed by atoms with van der Waals surface area (Å²) >= 11 is 0. The fourth-order valence-corrected chi connectivity index (χ4v) is 4.57. The van der Waals surface area contributed by atoms with Gasteiger partial charge in [0.15, 0.2) is 0 Å². The number of carbonyl (C=O) groups excluding carboxylic acids is 1. The molecular formula is C23H24FN3O2. The second kappa shape index (κ2) is 7.94. The molecule has 29 heavy (non-hydrogen) atoms. The van der Waals surface area contributed by atoms with E-state index in [9.17, 15) is 9.18 Å². The number of likely N-dealkylation sites (tertiary alicyclic amines) is 1. The maximum atomic E-state index is 14.0. The van der Waals surface area contributed by atoms with Crippen molar-refractivity contribution < 1.29 is 13.9 Å². The maximum absolute atomic E-state index is 14.0. The minimum Gasteiger partial charge on any atom is -0.375 e. The Morgan fingerprint density at radius 1 is 1.21 bits per heavy atom. The predicted molar refractivity (Wildman–Crippen MR) is 108 cm³/mol. The summed E-state index contributed by atoms with van der Waals surface area (Å²) in [5, 5.41) is 8.94. The van der Waals surface area contributed by atoms with Crippen LogP contribution in [0.2, 0.25) is 0 Å². The number of nitrogens with zero attached hydrogens (tertiary/aromatic N) is 3. The first kappa shape index (κ1) is 19.6. The Hall–Kier alpha value is -2.75. The zero-order chi connectivity index (χ0) is 20.4. The Morgan fingerprint density at radius 2 is 1.93 bits per heavy atom. The van der Waals surface area contributed by atoms with Crippen molar-refractivity contribution in [2.24, 2.45) is 0 Å². The van der Waals surface area contributed by atoms with Gasteiger partial charge in [-0.1, -0.05) is 12.1 Å². The van der Waals surface area contributed by atoms with Gasteiger partial charge >= 0.3 is 0 Å². The lowest BCUT2D eigenvalue weighted by atomic mass is 9.74. The minimum absolute atomic E-state index is 0.0255. The molecule has 1 amide bonds. The minimum atomic E-state index is -0.260. The third-order valence-corrected chi connectivity index (χ3v) is 6.15. The summed E-state index contributed by atoms with van der Waals surface area (Å²) in [7, 11) is 1.51. The van der Waals surface area contributed by atoms with E-state index in [4.69, 9.17) is 10.00 Å². The molecule has 1 saturated heterocycles. The lowest BCUT2D eigenvalue weighted by Crippen LogP contribution is -2.46. The molecule has 0 unspecified atom stereocenters. The topological polar surface area (TPSA) is 56.6 Å². The summed E-state index contributed by atoms with van der Waals surface area (Å²) in [6.07, 6.45) is 1.74. The van der Waals surface area contributed by atoms with Crippen LogP contribution in [0.4, 0.5) is 10.1 Å². The molecule has 2 aliphatic heterocycles. The molecule has 0 saturated carbocycles. The number of anilines is 1. The Morgan fingerprint density at radius 3 is 2.59 bits per heavy atom. The van der Waals surface area contributed by atoms with Gasteiger partial charge in [0.25, 0.3) is 5.91 Å². The van der Waals surface area contributed by atoms with Crippen molar-refractivity contribution in [2.75, 3.05) is 38.3 Å². The van der Waals surface area contributed by atoms with Gasteiger partial charge in [-0.3, -0.25) is 9.69 Å². The smallest absolute Gasteiger partial charge is 0.252 e. The van der Waals surface area contributed by atoms with Crippen LogP contribution in [0.1, 0.15) is 29.5 Å². The van der Waals surface area contributed by atoms with Crippen molar-refractivity contribution >= 4 is 11.6 Å². The van der Waals surface area contributed by atoms with Crippen molar-refractivity contribution in [3.05, 3.63) is 65.0 Å². The highest BCUT2D eigenvalue weighted by atomic mass is 19.1. The zero-order valence-corrected chi connectivity index (χ0v) is 16.5. The number of carbonyl (C=O) groups is 1. The summed E-state index contributed by atoms with van der Waals surface area (Å²) in [6, 6.07) is 14.6. The highest BCUT2D eigenvalue weighted by Crippen LogP contribution is 2.47. The van der Waals surface area contributed by atoms with E-state index in [1.54, 1.807) is 17.0 Å². The van der Waals surface area contributed by atoms with Crippen molar-refractivity contribution in [3.63, 3.8) is 0 Å². The molecule has 2 aromatic rings. The Kier molecular flexibility index (Phi) is 5.35. The highest BCUT2D eigenvalue weighted by molar-refractivity contribution is 5.97. The van der Waals surface area contributed by atoms with Gasteiger partial charge in [0, 0.05) is 31.3 Å². The number of hydrogen-bond donors (Lipinski definition) is 0. The zero-order valence-electron chi connectivity index (χ0n) is 16.5. The average molecular weight is 393 g/mol. The SMILES string of the molecule is COCC(=O)N1CC2(CCN(Cc3ccc(C#N)cc3)CC2)c2cc(F)ccc21. The van der Waals surface area contributed by atoms with Crippen LogP contribution in [0, 0.1) is 17.1 Å². The van der Waals surface area contributed by atoms with Crippen LogP contribution in [-0.2, 0) is 21.5 Å². The molecule has 1 fully saturated rings. The van der Waals surface area contributed by atoms with Gasteiger partial charge in [-0.15, -0.1) is 0 Å². The number of piperidine rings is 1. The van der Waals surface area contributed by atoms with Gasteiger partial charge in [0.1, 0.15) is 12.4 Å². The van der Waals surface area contributed by atoms with E-state index < -0.39 is 0 Å². The first-order valence-corrected chi connectivity index (χ1v) is 9.85. The summed E-state index contributed by atoms with van der Waals surface area (Å²) in [4.78, 5) is 16.7. The van der Waals surface area contributed by atoms with Gasteiger partial charge in [0.2, 0.25) is 0 Å². The van der Waals surface area contributed by atoms with Crippen LogP contribution in [0.25, 0.3) is 0 Å². The number of halogens is 1. The molecule has 2 aromatic carbocycles. The van der Waals surface area contributed by atoms with Crippen molar-refractivity contribution in [1.29, 1.82) is 5.26 Å².